The van der Waals surface area contributed by atoms with Gasteiger partial charge in [0.25, 0.3) is 0 Å². The first kappa shape index (κ1) is 18.0. The molecule has 0 bridgehead atoms. The molecule has 2 aromatic carbocycles. The number of benzene rings is 2. The van der Waals surface area contributed by atoms with Crippen LogP contribution in [-0.4, -0.2) is 12.2 Å². The van der Waals surface area contributed by atoms with Gasteiger partial charge in [0, 0.05) is 10.7 Å². The summed E-state index contributed by atoms with van der Waals surface area (Å²) in [5, 5.41) is 8.19. The van der Waals surface area contributed by atoms with Crippen LogP contribution in [-0.2, 0) is 5.54 Å². The van der Waals surface area contributed by atoms with Gasteiger partial charge in [-0.25, -0.2) is 0 Å². The Bertz CT molecular complexity index is 755. The van der Waals surface area contributed by atoms with Gasteiger partial charge in [-0.2, -0.15) is 0 Å². The van der Waals surface area contributed by atoms with Crippen LogP contribution in [0.5, 0.6) is 5.75 Å². The molecule has 1 aliphatic carbocycles. The van der Waals surface area contributed by atoms with Crippen LogP contribution in [0.1, 0.15) is 36.8 Å². The summed E-state index contributed by atoms with van der Waals surface area (Å²) in [6.45, 7) is 1.99. The van der Waals surface area contributed by atoms with Crippen LogP contribution < -0.4 is 15.4 Å². The number of rotatable bonds is 4. The van der Waals surface area contributed by atoms with E-state index in [1.54, 1.807) is 7.11 Å². The van der Waals surface area contributed by atoms with Crippen molar-refractivity contribution in [3.63, 3.8) is 0 Å². The molecule has 25 heavy (non-hydrogen) atoms. The molecule has 0 heterocycles. The van der Waals surface area contributed by atoms with E-state index in [2.05, 4.69) is 22.8 Å². The highest BCUT2D eigenvalue weighted by molar-refractivity contribution is 7.80. The number of methoxy groups -OCH3 is 1. The molecule has 0 atom stereocenters. The Morgan fingerprint density at radius 3 is 2.40 bits per heavy atom. The summed E-state index contributed by atoms with van der Waals surface area (Å²) in [7, 11) is 1.68. The third-order valence-electron chi connectivity index (χ3n) is 4.88. The third kappa shape index (κ3) is 4.07. The van der Waals surface area contributed by atoms with Crippen LogP contribution in [0.15, 0.2) is 42.5 Å². The molecule has 0 spiro atoms. The van der Waals surface area contributed by atoms with Crippen molar-refractivity contribution in [3.8, 4) is 5.75 Å². The Hall–Kier alpha value is -1.78. The van der Waals surface area contributed by atoms with Crippen LogP contribution in [0.3, 0.4) is 0 Å². The minimum Gasteiger partial charge on any atom is -0.497 e. The molecule has 0 unspecified atom stereocenters. The lowest BCUT2D eigenvalue weighted by atomic mass is 9.88. The minimum atomic E-state index is -0.120. The second kappa shape index (κ2) is 7.63. The molecule has 0 aliphatic heterocycles. The lowest BCUT2D eigenvalue weighted by molar-refractivity contribution is 0.401. The van der Waals surface area contributed by atoms with Crippen molar-refractivity contribution < 1.29 is 4.74 Å². The van der Waals surface area contributed by atoms with Crippen molar-refractivity contribution in [2.75, 3.05) is 12.4 Å². The van der Waals surface area contributed by atoms with E-state index in [9.17, 15) is 0 Å². The quantitative estimate of drug-likeness (QED) is 0.701. The van der Waals surface area contributed by atoms with Gasteiger partial charge in [-0.05, 0) is 67.4 Å². The maximum atomic E-state index is 6.20. The highest BCUT2D eigenvalue weighted by Crippen LogP contribution is 2.39. The van der Waals surface area contributed by atoms with Crippen LogP contribution in [0.25, 0.3) is 0 Å². The number of aryl methyl sites for hydroxylation is 1. The molecule has 2 aromatic rings. The lowest BCUT2D eigenvalue weighted by Gasteiger charge is -2.32. The largest absolute Gasteiger partial charge is 0.497 e. The summed E-state index contributed by atoms with van der Waals surface area (Å²) in [4.78, 5) is 0. The lowest BCUT2D eigenvalue weighted by Crippen LogP contribution is -2.45. The maximum Gasteiger partial charge on any atom is 0.171 e. The van der Waals surface area contributed by atoms with Crippen LogP contribution >= 0.6 is 23.8 Å². The molecule has 5 heteroatoms. The van der Waals surface area contributed by atoms with E-state index in [0.29, 0.717) is 5.11 Å². The average molecular weight is 375 g/mol. The standard InChI is InChI=1S/C20H23ClN2OS/c1-14-5-8-16(13-18(14)21)22-19(25)23-20(11-3-4-12-20)15-6-9-17(24-2)10-7-15/h5-10,13H,3-4,11-12H2,1-2H3,(H2,22,23,25). The fourth-order valence-corrected chi connectivity index (χ4v) is 3.92. The highest BCUT2D eigenvalue weighted by Gasteiger charge is 2.36. The smallest absolute Gasteiger partial charge is 0.171 e. The van der Waals surface area contributed by atoms with E-state index >= 15 is 0 Å². The van der Waals surface area contributed by atoms with E-state index in [4.69, 9.17) is 28.6 Å². The van der Waals surface area contributed by atoms with Gasteiger partial charge in [-0.15, -0.1) is 0 Å². The summed E-state index contributed by atoms with van der Waals surface area (Å²) in [5.74, 6) is 0.867. The van der Waals surface area contributed by atoms with E-state index in [0.717, 1.165) is 34.9 Å². The van der Waals surface area contributed by atoms with Crippen molar-refractivity contribution in [2.24, 2.45) is 0 Å². The number of hydrogen-bond donors (Lipinski definition) is 2. The van der Waals surface area contributed by atoms with Gasteiger partial charge in [0.1, 0.15) is 5.75 Å². The van der Waals surface area contributed by atoms with Crippen molar-refractivity contribution in [3.05, 3.63) is 58.6 Å². The number of anilines is 1. The van der Waals surface area contributed by atoms with Crippen LogP contribution in [0.4, 0.5) is 5.69 Å². The Labute approximate surface area is 159 Å². The summed E-state index contributed by atoms with van der Waals surface area (Å²) in [6, 6.07) is 14.1. The molecule has 0 amide bonds. The van der Waals surface area contributed by atoms with Gasteiger partial charge in [0.05, 0.1) is 12.6 Å². The summed E-state index contributed by atoms with van der Waals surface area (Å²) >= 11 is 11.8. The molecule has 0 saturated heterocycles. The van der Waals surface area contributed by atoms with Gasteiger partial charge in [-0.3, -0.25) is 0 Å². The third-order valence-corrected chi connectivity index (χ3v) is 5.49. The second-order valence-corrected chi connectivity index (χ2v) is 7.38. The van der Waals surface area contributed by atoms with Crippen molar-refractivity contribution in [1.29, 1.82) is 0 Å². The summed E-state index contributed by atoms with van der Waals surface area (Å²) < 4.78 is 5.27. The molecule has 1 fully saturated rings. The Morgan fingerprint density at radius 1 is 1.12 bits per heavy atom. The van der Waals surface area contributed by atoms with E-state index in [-0.39, 0.29) is 5.54 Å². The Morgan fingerprint density at radius 2 is 1.80 bits per heavy atom. The molecular weight excluding hydrogens is 352 g/mol. The number of ether oxygens (including phenoxy) is 1. The maximum absolute atomic E-state index is 6.20. The monoisotopic (exact) mass is 374 g/mol. The van der Waals surface area contributed by atoms with Crippen LogP contribution in [0, 0.1) is 6.92 Å². The summed E-state index contributed by atoms with van der Waals surface area (Å²) in [6.07, 6.45) is 4.52. The van der Waals surface area contributed by atoms with Gasteiger partial charge in [0.15, 0.2) is 5.11 Å². The SMILES string of the molecule is COc1ccc(C2(NC(=S)Nc3ccc(C)c(Cl)c3)CCCC2)cc1. The number of halogens is 1. The van der Waals surface area contributed by atoms with Crippen molar-refractivity contribution >= 4 is 34.6 Å². The summed E-state index contributed by atoms with van der Waals surface area (Å²) in [5.41, 5.74) is 3.08. The second-order valence-electron chi connectivity index (χ2n) is 6.56. The Kier molecular flexibility index (Phi) is 5.50. The normalized spacial score (nSPS) is 15.6. The zero-order chi connectivity index (χ0) is 17.9. The molecule has 0 aromatic heterocycles. The molecular formula is C20H23ClN2OS. The predicted octanol–water partition coefficient (Wildman–Crippen LogP) is 5.41. The fourth-order valence-electron chi connectivity index (χ4n) is 3.42. The zero-order valence-electron chi connectivity index (χ0n) is 14.6. The van der Waals surface area contributed by atoms with Gasteiger partial charge >= 0.3 is 0 Å². The topological polar surface area (TPSA) is 33.3 Å². The van der Waals surface area contributed by atoms with E-state index in [1.165, 1.54) is 18.4 Å². The molecule has 1 saturated carbocycles. The van der Waals surface area contributed by atoms with Gasteiger partial charge in [0.2, 0.25) is 0 Å². The Balaban J connectivity index is 1.76. The molecule has 1 aliphatic rings. The van der Waals surface area contributed by atoms with Crippen molar-refractivity contribution in [2.45, 2.75) is 38.1 Å². The van der Waals surface area contributed by atoms with E-state index in [1.807, 2.05) is 37.3 Å². The number of nitrogens with one attached hydrogen (secondary N) is 2. The van der Waals surface area contributed by atoms with Gasteiger partial charge in [-0.1, -0.05) is 42.6 Å². The van der Waals surface area contributed by atoms with Crippen LogP contribution in [0.2, 0.25) is 5.02 Å². The highest BCUT2D eigenvalue weighted by atomic mass is 35.5. The molecule has 2 N–H and O–H groups in total. The first-order valence-corrected chi connectivity index (χ1v) is 9.31. The first-order valence-electron chi connectivity index (χ1n) is 8.52. The fraction of sp³-hybridized carbons (Fsp3) is 0.350. The molecule has 3 nitrogen and oxygen atoms in total. The minimum absolute atomic E-state index is 0.120. The predicted molar refractivity (Wildman–Crippen MR) is 109 cm³/mol. The molecule has 132 valence electrons. The average Bonchev–Trinajstić information content (AvgIpc) is 3.08. The number of hydrogen-bond acceptors (Lipinski definition) is 2. The first-order chi connectivity index (χ1) is 12.0. The zero-order valence-corrected chi connectivity index (χ0v) is 16.1. The van der Waals surface area contributed by atoms with Gasteiger partial charge < -0.3 is 15.4 Å². The van der Waals surface area contributed by atoms with E-state index < -0.39 is 0 Å². The van der Waals surface area contributed by atoms with Crippen molar-refractivity contribution in [1.82, 2.24) is 5.32 Å². The molecule has 0 radical (unpaired) electrons. The molecule has 3 rings (SSSR count). The number of thiocarbonyl (C=S) groups is 1.